The minimum absolute atomic E-state index is 0.00128. The second-order valence-electron chi connectivity index (χ2n) is 8.04. The van der Waals surface area contributed by atoms with Gasteiger partial charge in [-0.15, -0.1) is 0 Å². The van der Waals surface area contributed by atoms with Crippen LogP contribution in [0.4, 0.5) is 11.4 Å². The largest absolute Gasteiger partial charge is 0.371 e. The Hall–Kier alpha value is -2.82. The van der Waals surface area contributed by atoms with Crippen LogP contribution in [0, 0.1) is 0 Å². The summed E-state index contributed by atoms with van der Waals surface area (Å²) in [5.41, 5.74) is 3.30. The Balaban J connectivity index is 1.78. The van der Waals surface area contributed by atoms with E-state index >= 15 is 0 Å². The van der Waals surface area contributed by atoms with Crippen LogP contribution in [0.15, 0.2) is 48.5 Å². The van der Waals surface area contributed by atoms with E-state index in [0.717, 1.165) is 56.4 Å². The van der Waals surface area contributed by atoms with Gasteiger partial charge in [0.1, 0.15) is 0 Å². The first-order chi connectivity index (χ1) is 14.6. The summed E-state index contributed by atoms with van der Waals surface area (Å²) in [6.45, 7) is 6.02. The summed E-state index contributed by atoms with van der Waals surface area (Å²) >= 11 is 0. The summed E-state index contributed by atoms with van der Waals surface area (Å²) in [6.07, 6.45) is 5.80. The van der Waals surface area contributed by atoms with E-state index in [2.05, 4.69) is 22.5 Å². The molecular weight excluding hydrogens is 374 g/mol. The average Bonchev–Trinajstić information content (AvgIpc) is 3.29. The van der Waals surface area contributed by atoms with E-state index < -0.39 is 0 Å². The van der Waals surface area contributed by atoms with Gasteiger partial charge in [0.2, 0.25) is 5.91 Å². The Bertz CT molecular complexity index is 845. The van der Waals surface area contributed by atoms with E-state index in [1.165, 1.54) is 0 Å². The Morgan fingerprint density at radius 2 is 1.77 bits per heavy atom. The number of carbonyl (C=O) groups is 2. The van der Waals surface area contributed by atoms with Crippen LogP contribution in [0.5, 0.6) is 0 Å². The number of nitrogens with one attached hydrogen (secondary N) is 2. The van der Waals surface area contributed by atoms with Crippen LogP contribution in [-0.2, 0) is 4.79 Å². The Labute approximate surface area is 179 Å². The van der Waals surface area contributed by atoms with Crippen molar-refractivity contribution in [3.63, 3.8) is 0 Å². The third-order valence-corrected chi connectivity index (χ3v) is 5.63. The van der Waals surface area contributed by atoms with Gasteiger partial charge in [-0.2, -0.15) is 0 Å². The molecule has 0 spiro atoms. The highest BCUT2D eigenvalue weighted by atomic mass is 16.2. The number of anilines is 2. The highest BCUT2D eigenvalue weighted by molar-refractivity contribution is 6.02. The molecule has 2 amide bonds. The monoisotopic (exact) mass is 407 g/mol. The van der Waals surface area contributed by atoms with Crippen LogP contribution < -0.4 is 15.5 Å². The van der Waals surface area contributed by atoms with E-state index in [9.17, 15) is 9.59 Å². The van der Waals surface area contributed by atoms with Gasteiger partial charge in [-0.05, 0) is 49.9 Å². The lowest BCUT2D eigenvalue weighted by Crippen LogP contribution is -2.29. The lowest BCUT2D eigenvalue weighted by atomic mass is 10.1. The molecule has 0 saturated carbocycles. The van der Waals surface area contributed by atoms with Gasteiger partial charge in [0.25, 0.3) is 5.91 Å². The summed E-state index contributed by atoms with van der Waals surface area (Å²) in [5, 5.41) is 6.08. The van der Waals surface area contributed by atoms with Crippen LogP contribution in [0.2, 0.25) is 0 Å². The van der Waals surface area contributed by atoms with Crippen LogP contribution in [-0.4, -0.2) is 24.9 Å². The molecule has 1 aliphatic rings. The van der Waals surface area contributed by atoms with Crippen molar-refractivity contribution < 1.29 is 9.59 Å². The van der Waals surface area contributed by atoms with Crippen LogP contribution in [0.25, 0.3) is 0 Å². The fourth-order valence-electron chi connectivity index (χ4n) is 3.89. The molecule has 30 heavy (non-hydrogen) atoms. The molecule has 1 saturated heterocycles. The standard InChI is InChI=1S/C25H33N3O2/c1-3-4-6-13-24(29)27-21-14-15-23(28-16-9-10-17-28)22(18-21)25(30)26-19(2)20-11-7-5-8-12-20/h5,7-8,11-12,14-15,18-19H,3-4,6,9-10,13,16-17H2,1-2H3,(H,26,30)(H,27,29)/t19-/m1/s1. The van der Waals surface area contributed by atoms with Gasteiger partial charge in [0.05, 0.1) is 11.6 Å². The zero-order valence-electron chi connectivity index (χ0n) is 18.1. The van der Waals surface area contributed by atoms with E-state index in [0.29, 0.717) is 17.7 Å². The molecule has 1 aliphatic heterocycles. The zero-order chi connectivity index (χ0) is 21.3. The normalized spacial score (nSPS) is 14.4. The molecule has 0 unspecified atom stereocenters. The molecule has 0 bridgehead atoms. The predicted octanol–water partition coefficient (Wildman–Crippen LogP) is 5.30. The van der Waals surface area contributed by atoms with Crippen molar-refractivity contribution in [3.8, 4) is 0 Å². The van der Waals surface area contributed by atoms with E-state index in [4.69, 9.17) is 0 Å². The molecule has 5 nitrogen and oxygen atoms in total. The van der Waals surface area contributed by atoms with Crippen molar-refractivity contribution in [2.24, 2.45) is 0 Å². The molecule has 3 rings (SSSR count). The summed E-state index contributed by atoms with van der Waals surface area (Å²) < 4.78 is 0. The summed E-state index contributed by atoms with van der Waals surface area (Å²) in [4.78, 5) is 27.7. The van der Waals surface area contributed by atoms with Gasteiger partial charge in [-0.25, -0.2) is 0 Å². The van der Waals surface area contributed by atoms with Crippen LogP contribution in [0.3, 0.4) is 0 Å². The number of carbonyl (C=O) groups excluding carboxylic acids is 2. The Kier molecular flexibility index (Phi) is 7.89. The van der Waals surface area contributed by atoms with Crippen molar-refractivity contribution in [1.82, 2.24) is 5.32 Å². The maximum Gasteiger partial charge on any atom is 0.253 e. The van der Waals surface area contributed by atoms with Gasteiger partial charge in [0, 0.05) is 30.9 Å². The van der Waals surface area contributed by atoms with Gasteiger partial charge < -0.3 is 15.5 Å². The number of benzene rings is 2. The lowest BCUT2D eigenvalue weighted by molar-refractivity contribution is -0.116. The molecule has 5 heteroatoms. The Morgan fingerprint density at radius 1 is 1.03 bits per heavy atom. The molecule has 2 aromatic rings. The maximum atomic E-state index is 13.2. The first kappa shape index (κ1) is 21.9. The summed E-state index contributed by atoms with van der Waals surface area (Å²) in [6, 6.07) is 15.5. The minimum Gasteiger partial charge on any atom is -0.371 e. The van der Waals surface area contributed by atoms with Gasteiger partial charge in [-0.3, -0.25) is 9.59 Å². The van der Waals surface area contributed by atoms with Gasteiger partial charge in [-0.1, -0.05) is 50.1 Å². The highest BCUT2D eigenvalue weighted by Crippen LogP contribution is 2.28. The maximum absolute atomic E-state index is 13.2. The topological polar surface area (TPSA) is 61.4 Å². The molecule has 0 aromatic heterocycles. The van der Waals surface area contributed by atoms with Crippen molar-refractivity contribution >= 4 is 23.2 Å². The molecule has 0 aliphatic carbocycles. The molecule has 2 N–H and O–H groups in total. The van der Waals surface area contributed by atoms with Gasteiger partial charge in [0.15, 0.2) is 0 Å². The molecule has 2 aromatic carbocycles. The number of amides is 2. The number of unbranched alkanes of at least 4 members (excludes halogenated alkanes) is 2. The van der Waals surface area contributed by atoms with Crippen molar-refractivity contribution in [3.05, 3.63) is 59.7 Å². The molecular formula is C25H33N3O2. The van der Waals surface area contributed by atoms with E-state index in [1.807, 2.05) is 55.5 Å². The van der Waals surface area contributed by atoms with Crippen LogP contribution >= 0.6 is 0 Å². The van der Waals surface area contributed by atoms with Crippen molar-refractivity contribution in [1.29, 1.82) is 0 Å². The van der Waals surface area contributed by atoms with E-state index in [1.54, 1.807) is 0 Å². The lowest BCUT2D eigenvalue weighted by Gasteiger charge is -2.23. The van der Waals surface area contributed by atoms with Crippen LogP contribution in [0.1, 0.15) is 74.3 Å². The first-order valence-electron chi connectivity index (χ1n) is 11.1. The number of hydrogen-bond donors (Lipinski definition) is 2. The summed E-state index contributed by atoms with van der Waals surface area (Å²) in [7, 11) is 0. The predicted molar refractivity (Wildman–Crippen MR) is 123 cm³/mol. The molecule has 1 atom stereocenters. The fourth-order valence-corrected chi connectivity index (χ4v) is 3.89. The van der Waals surface area contributed by atoms with Gasteiger partial charge >= 0.3 is 0 Å². The van der Waals surface area contributed by atoms with E-state index in [-0.39, 0.29) is 17.9 Å². The smallest absolute Gasteiger partial charge is 0.253 e. The molecule has 0 radical (unpaired) electrons. The zero-order valence-corrected chi connectivity index (χ0v) is 18.1. The molecule has 1 fully saturated rings. The van der Waals surface area contributed by atoms with Crippen molar-refractivity contribution in [2.45, 2.75) is 58.4 Å². The third kappa shape index (κ3) is 5.85. The van der Waals surface area contributed by atoms with Crippen molar-refractivity contribution in [2.75, 3.05) is 23.3 Å². The summed E-state index contributed by atoms with van der Waals surface area (Å²) in [5.74, 6) is -0.114. The molecule has 1 heterocycles. The highest BCUT2D eigenvalue weighted by Gasteiger charge is 2.21. The number of rotatable bonds is 9. The number of nitrogens with zero attached hydrogens (tertiary/aromatic N) is 1. The average molecular weight is 408 g/mol. The minimum atomic E-state index is -0.115. The molecule has 160 valence electrons. The Morgan fingerprint density at radius 3 is 2.47 bits per heavy atom. The fraction of sp³-hybridized carbons (Fsp3) is 0.440. The first-order valence-corrected chi connectivity index (χ1v) is 11.1. The third-order valence-electron chi connectivity index (χ3n) is 5.63. The number of hydrogen-bond acceptors (Lipinski definition) is 3. The second-order valence-corrected chi connectivity index (χ2v) is 8.04. The SMILES string of the molecule is CCCCCC(=O)Nc1ccc(N2CCCC2)c(C(=O)N[C@H](C)c2ccccc2)c1. The second kappa shape index (κ2) is 10.8. The quantitative estimate of drug-likeness (QED) is 0.555.